The van der Waals surface area contributed by atoms with Gasteiger partial charge in [0.1, 0.15) is 12.3 Å². The lowest BCUT2D eigenvalue weighted by atomic mass is 10.1. The molecule has 0 atom stereocenters. The summed E-state index contributed by atoms with van der Waals surface area (Å²) < 4.78 is 42.9. The standard InChI is InChI=1S/C14H19F3N2O2/c1-9(2)7-19(8-14(15,16)17)13(20)11-5-4-10(18)6-12(11)21-3/h4-6,9H,7-8,18H2,1-3H3. The number of methoxy groups -OCH3 is 1. The van der Waals surface area contributed by atoms with Gasteiger partial charge in [-0.3, -0.25) is 4.79 Å². The number of benzene rings is 1. The lowest BCUT2D eigenvalue weighted by Gasteiger charge is -2.26. The van der Waals surface area contributed by atoms with Crippen LogP contribution in [0.4, 0.5) is 18.9 Å². The summed E-state index contributed by atoms with van der Waals surface area (Å²) in [5.41, 5.74) is 6.01. The molecule has 0 radical (unpaired) electrons. The molecule has 0 aliphatic heterocycles. The molecule has 1 rings (SSSR count). The summed E-state index contributed by atoms with van der Waals surface area (Å²) in [7, 11) is 1.34. The maximum Gasteiger partial charge on any atom is 0.406 e. The number of nitrogens with zero attached hydrogens (tertiary/aromatic N) is 1. The smallest absolute Gasteiger partial charge is 0.406 e. The highest BCUT2D eigenvalue weighted by Crippen LogP contribution is 2.25. The van der Waals surface area contributed by atoms with Crippen molar-refractivity contribution in [2.45, 2.75) is 20.0 Å². The number of hydrogen-bond acceptors (Lipinski definition) is 3. The maximum absolute atomic E-state index is 12.6. The summed E-state index contributed by atoms with van der Waals surface area (Å²) in [5, 5.41) is 0. The Bertz CT molecular complexity index is 501. The molecule has 1 amide bonds. The van der Waals surface area contributed by atoms with Crippen LogP contribution in [0.15, 0.2) is 18.2 Å². The average Bonchev–Trinajstić information content (AvgIpc) is 2.34. The van der Waals surface area contributed by atoms with Crippen molar-refractivity contribution in [2.75, 3.05) is 25.9 Å². The Morgan fingerprint density at radius 3 is 2.48 bits per heavy atom. The van der Waals surface area contributed by atoms with Gasteiger partial charge in [-0.2, -0.15) is 13.2 Å². The Kier molecular flexibility index (Phi) is 5.46. The van der Waals surface area contributed by atoms with Gasteiger partial charge in [-0.1, -0.05) is 13.8 Å². The van der Waals surface area contributed by atoms with Crippen molar-refractivity contribution in [3.8, 4) is 5.75 Å². The summed E-state index contributed by atoms with van der Waals surface area (Å²) in [5.74, 6) is -0.648. The van der Waals surface area contributed by atoms with Crippen molar-refractivity contribution in [3.05, 3.63) is 23.8 Å². The van der Waals surface area contributed by atoms with Crippen LogP contribution in [0.1, 0.15) is 24.2 Å². The molecule has 0 saturated carbocycles. The van der Waals surface area contributed by atoms with Crippen LogP contribution in [0, 0.1) is 5.92 Å². The number of anilines is 1. The molecular formula is C14H19F3N2O2. The van der Waals surface area contributed by atoms with Crippen LogP contribution in [0.2, 0.25) is 0 Å². The Morgan fingerprint density at radius 2 is 2.00 bits per heavy atom. The van der Waals surface area contributed by atoms with Gasteiger partial charge in [0, 0.05) is 18.3 Å². The third-order valence-electron chi connectivity index (χ3n) is 2.70. The van der Waals surface area contributed by atoms with Crippen LogP contribution in [0.5, 0.6) is 5.75 Å². The van der Waals surface area contributed by atoms with Crippen LogP contribution in [-0.2, 0) is 0 Å². The van der Waals surface area contributed by atoms with E-state index in [1.54, 1.807) is 13.8 Å². The molecule has 0 heterocycles. The zero-order chi connectivity index (χ0) is 16.2. The van der Waals surface area contributed by atoms with Gasteiger partial charge in [0.2, 0.25) is 0 Å². The van der Waals surface area contributed by atoms with Gasteiger partial charge in [-0.05, 0) is 18.1 Å². The third-order valence-corrected chi connectivity index (χ3v) is 2.70. The first-order valence-electron chi connectivity index (χ1n) is 6.43. The molecule has 2 N–H and O–H groups in total. The molecule has 0 bridgehead atoms. The van der Waals surface area contributed by atoms with E-state index >= 15 is 0 Å². The molecule has 0 spiro atoms. The van der Waals surface area contributed by atoms with Gasteiger partial charge < -0.3 is 15.4 Å². The second kappa shape index (κ2) is 6.69. The number of amides is 1. The number of alkyl halides is 3. The van der Waals surface area contributed by atoms with E-state index < -0.39 is 18.6 Å². The van der Waals surface area contributed by atoms with E-state index in [1.807, 2.05) is 0 Å². The molecule has 21 heavy (non-hydrogen) atoms. The molecule has 0 aromatic heterocycles. The van der Waals surface area contributed by atoms with Gasteiger partial charge in [-0.15, -0.1) is 0 Å². The molecular weight excluding hydrogens is 285 g/mol. The molecule has 0 aliphatic carbocycles. The summed E-state index contributed by atoms with van der Waals surface area (Å²) >= 11 is 0. The highest BCUT2D eigenvalue weighted by molar-refractivity contribution is 5.97. The fourth-order valence-corrected chi connectivity index (χ4v) is 1.93. The van der Waals surface area contributed by atoms with E-state index in [4.69, 9.17) is 10.5 Å². The highest BCUT2D eigenvalue weighted by Gasteiger charge is 2.34. The number of ether oxygens (including phenoxy) is 1. The van der Waals surface area contributed by atoms with Crippen LogP contribution in [0.3, 0.4) is 0 Å². The summed E-state index contributed by atoms with van der Waals surface area (Å²) in [6.45, 7) is 2.21. The quantitative estimate of drug-likeness (QED) is 0.851. The van der Waals surface area contributed by atoms with E-state index in [2.05, 4.69) is 0 Å². The number of carbonyl (C=O) groups excluding carboxylic acids is 1. The summed E-state index contributed by atoms with van der Waals surface area (Å²) in [4.78, 5) is 13.1. The predicted octanol–water partition coefficient (Wildman–Crippen LogP) is 2.94. The maximum atomic E-state index is 12.6. The van der Waals surface area contributed by atoms with E-state index in [9.17, 15) is 18.0 Å². The van der Waals surface area contributed by atoms with Gasteiger partial charge in [0.15, 0.2) is 0 Å². The first-order chi connectivity index (χ1) is 9.64. The van der Waals surface area contributed by atoms with Crippen molar-refractivity contribution in [1.29, 1.82) is 0 Å². The van der Waals surface area contributed by atoms with Gasteiger partial charge in [0.05, 0.1) is 12.7 Å². The van der Waals surface area contributed by atoms with E-state index in [0.717, 1.165) is 4.90 Å². The number of halogens is 3. The Balaban J connectivity index is 3.10. The third kappa shape index (κ3) is 5.17. The molecule has 4 nitrogen and oxygen atoms in total. The minimum atomic E-state index is -4.45. The van der Waals surface area contributed by atoms with Crippen LogP contribution in [0.25, 0.3) is 0 Å². The van der Waals surface area contributed by atoms with E-state index in [-0.39, 0.29) is 23.8 Å². The first kappa shape index (κ1) is 17.1. The van der Waals surface area contributed by atoms with Crippen molar-refractivity contribution < 1.29 is 22.7 Å². The molecule has 0 fully saturated rings. The predicted molar refractivity (Wildman–Crippen MR) is 74.2 cm³/mol. The topological polar surface area (TPSA) is 55.6 Å². The largest absolute Gasteiger partial charge is 0.496 e. The number of hydrogen-bond donors (Lipinski definition) is 1. The van der Waals surface area contributed by atoms with Gasteiger partial charge >= 0.3 is 6.18 Å². The zero-order valence-electron chi connectivity index (χ0n) is 12.2. The number of nitrogens with two attached hydrogens (primary N) is 1. The fourth-order valence-electron chi connectivity index (χ4n) is 1.93. The minimum absolute atomic E-state index is 0.00583. The number of carbonyl (C=O) groups is 1. The monoisotopic (exact) mass is 304 g/mol. The van der Waals surface area contributed by atoms with Crippen molar-refractivity contribution in [3.63, 3.8) is 0 Å². The molecule has 0 unspecified atom stereocenters. The van der Waals surface area contributed by atoms with Crippen LogP contribution in [-0.4, -0.2) is 37.2 Å². The minimum Gasteiger partial charge on any atom is -0.496 e. The fraction of sp³-hybridized carbons (Fsp3) is 0.500. The first-order valence-corrected chi connectivity index (χ1v) is 6.43. The van der Waals surface area contributed by atoms with Crippen molar-refractivity contribution >= 4 is 11.6 Å². The van der Waals surface area contributed by atoms with E-state index in [0.29, 0.717) is 5.69 Å². The second-order valence-electron chi connectivity index (χ2n) is 5.15. The Hall–Kier alpha value is -1.92. The number of nitrogen functional groups attached to an aromatic ring is 1. The van der Waals surface area contributed by atoms with Crippen LogP contribution >= 0.6 is 0 Å². The van der Waals surface area contributed by atoms with Crippen LogP contribution < -0.4 is 10.5 Å². The molecule has 7 heteroatoms. The average molecular weight is 304 g/mol. The molecule has 0 aliphatic rings. The van der Waals surface area contributed by atoms with Crippen molar-refractivity contribution in [1.82, 2.24) is 4.90 Å². The van der Waals surface area contributed by atoms with E-state index in [1.165, 1.54) is 25.3 Å². The zero-order valence-corrected chi connectivity index (χ0v) is 12.2. The molecule has 1 aromatic rings. The Labute approximate surface area is 121 Å². The summed E-state index contributed by atoms with van der Waals surface area (Å²) in [6.07, 6.45) is -4.45. The normalized spacial score (nSPS) is 11.6. The summed E-state index contributed by atoms with van der Waals surface area (Å²) in [6, 6.07) is 4.24. The van der Waals surface area contributed by atoms with Gasteiger partial charge in [0.25, 0.3) is 5.91 Å². The lowest BCUT2D eigenvalue weighted by molar-refractivity contribution is -0.141. The Morgan fingerprint density at radius 1 is 1.38 bits per heavy atom. The molecule has 118 valence electrons. The SMILES string of the molecule is COc1cc(N)ccc1C(=O)N(CC(C)C)CC(F)(F)F. The van der Waals surface area contributed by atoms with Crippen molar-refractivity contribution in [2.24, 2.45) is 5.92 Å². The highest BCUT2D eigenvalue weighted by atomic mass is 19.4. The molecule has 1 aromatic carbocycles. The lowest BCUT2D eigenvalue weighted by Crippen LogP contribution is -2.41. The number of rotatable bonds is 5. The molecule has 0 saturated heterocycles. The van der Waals surface area contributed by atoms with Gasteiger partial charge in [-0.25, -0.2) is 0 Å². The second-order valence-corrected chi connectivity index (χ2v) is 5.15.